The number of ether oxygens (including phenoxy) is 2. The van der Waals surface area contributed by atoms with Gasteiger partial charge < -0.3 is 19.2 Å². The summed E-state index contributed by atoms with van der Waals surface area (Å²) in [7, 11) is -0.997. The number of anilines is 1. The molecule has 2 aromatic heterocycles. The summed E-state index contributed by atoms with van der Waals surface area (Å²) in [5.41, 5.74) is 8.47. The summed E-state index contributed by atoms with van der Waals surface area (Å²) in [5.74, 6) is 0.818. The Labute approximate surface area is 432 Å². The van der Waals surface area contributed by atoms with E-state index in [0.717, 1.165) is 54.1 Å². The summed E-state index contributed by atoms with van der Waals surface area (Å²) in [4.78, 5) is 18.3. The van der Waals surface area contributed by atoms with E-state index in [1.165, 1.54) is 55.3 Å². The molecule has 5 aliphatic rings. The zero-order valence-electron chi connectivity index (χ0n) is 43.0. The van der Waals surface area contributed by atoms with Gasteiger partial charge in [0.25, 0.3) is 8.32 Å². The number of methoxy groups -OCH3 is 1. The number of hydrazone groups is 1. The normalized spacial score (nSPS) is 25.8. The molecule has 71 heavy (non-hydrogen) atoms. The van der Waals surface area contributed by atoms with Crippen LogP contribution in [0, 0.1) is 28.6 Å². The highest BCUT2D eigenvalue weighted by molar-refractivity contribution is 6.99. The molecule has 0 radical (unpaired) electrons. The zero-order valence-corrected chi connectivity index (χ0v) is 45.5. The Kier molecular flexibility index (Phi) is 14.2. The fourth-order valence-corrected chi connectivity index (χ4v) is 19.4. The predicted molar refractivity (Wildman–Crippen MR) is 290 cm³/mol. The number of allylic oxidation sites excluding steroid dienone is 1. The number of carbonyl (C=O) groups is 1. The fraction of sp³-hybridized carbons (Fsp3) is 0.483. The number of alkyl halides is 1. The average Bonchev–Trinajstić information content (AvgIpc) is 3.67. The number of esters is 1. The number of hydrogen-bond acceptors (Lipinski definition) is 9. The van der Waals surface area contributed by atoms with Crippen LogP contribution < -0.4 is 25.9 Å². The van der Waals surface area contributed by atoms with Gasteiger partial charge in [-0.2, -0.15) is 10.2 Å². The molecule has 10 rings (SSSR count). The number of aromatic nitrogens is 3. The quantitative estimate of drug-likeness (QED) is 0.0277. The van der Waals surface area contributed by atoms with Crippen LogP contribution in [0.4, 0.5) is 5.82 Å². The molecule has 376 valence electrons. The van der Waals surface area contributed by atoms with Gasteiger partial charge in [-0.25, -0.2) is 9.78 Å². The Hall–Kier alpha value is -4.94. The molecule has 2 N–H and O–H groups in total. The highest BCUT2D eigenvalue weighted by Crippen LogP contribution is 2.75. The van der Waals surface area contributed by atoms with Crippen molar-refractivity contribution in [2.45, 2.75) is 136 Å². The molecule has 3 aromatic carbocycles. The SMILES string of the molecule is COc1ccc(COC(=O)c2nc(NCCCC3=CC(Cl)=NNC3(C)Cl)ccc2-c2cnn(CC34CC5(C)CC(C)(CC(CCCO[Si](c6ccccc6)(c6ccccc6)C(C)(C)C)(C5)C3)C4)c2C)cc1. The lowest BCUT2D eigenvalue weighted by Gasteiger charge is -2.70. The molecule has 1 aliphatic heterocycles. The molecule has 4 fully saturated rings. The Balaban J connectivity index is 0.940. The van der Waals surface area contributed by atoms with E-state index < -0.39 is 19.3 Å². The molecule has 0 saturated heterocycles. The van der Waals surface area contributed by atoms with Gasteiger partial charge in [0.2, 0.25) is 0 Å². The van der Waals surface area contributed by atoms with Crippen LogP contribution in [0.3, 0.4) is 0 Å². The van der Waals surface area contributed by atoms with Crippen molar-refractivity contribution < 1.29 is 18.7 Å². The molecule has 13 heteroatoms. The van der Waals surface area contributed by atoms with Crippen LogP contribution in [-0.4, -0.2) is 59.5 Å². The second-order valence-corrected chi connectivity index (χ2v) is 28.8. The number of pyridine rings is 1. The minimum absolute atomic E-state index is 0.0551. The van der Waals surface area contributed by atoms with Gasteiger partial charge >= 0.3 is 5.97 Å². The number of halogens is 2. The third-order valence-corrected chi connectivity index (χ3v) is 21.7. The molecule has 3 atom stereocenters. The van der Waals surface area contributed by atoms with E-state index in [1.807, 2.05) is 55.6 Å². The van der Waals surface area contributed by atoms with Crippen molar-refractivity contribution in [1.82, 2.24) is 20.2 Å². The van der Waals surface area contributed by atoms with E-state index in [1.54, 1.807) is 7.11 Å². The standard InChI is InChI=1S/C58H72Cl2N6O4Si/c1-41-48(47-26-27-50(61-29-15-17-43-31-49(59)64-65-56(43,7)60)63-51(47)52(67)69-33-42-22-24-44(68-8)25-23-42)32-62-66(41)40-58-37-54(5)34-55(6,38-58)36-57(35-54,39-58)28-16-30-70-71(53(2,3)4,45-18-11-9-12-19-45)46-20-13-10-14-21-46/h9-14,18-27,31-32,65H,15-17,28-30,33-40H2,1-8H3,(H,61,63). The Bertz CT molecular complexity index is 2710. The molecule has 10 nitrogen and oxygen atoms in total. The second kappa shape index (κ2) is 19.8. The van der Waals surface area contributed by atoms with Crippen LogP contribution in [0.15, 0.2) is 120 Å². The highest BCUT2D eigenvalue weighted by atomic mass is 35.5. The molecule has 5 aromatic rings. The monoisotopic (exact) mass is 1010 g/mol. The van der Waals surface area contributed by atoms with Crippen molar-refractivity contribution in [1.29, 1.82) is 0 Å². The van der Waals surface area contributed by atoms with E-state index in [4.69, 9.17) is 47.2 Å². The van der Waals surface area contributed by atoms with Gasteiger partial charge in [-0.3, -0.25) is 10.1 Å². The highest BCUT2D eigenvalue weighted by Gasteiger charge is 2.65. The van der Waals surface area contributed by atoms with E-state index in [0.29, 0.717) is 29.5 Å². The van der Waals surface area contributed by atoms with Crippen molar-refractivity contribution >= 4 is 58.9 Å². The van der Waals surface area contributed by atoms with E-state index in [9.17, 15) is 4.79 Å². The molecule has 3 unspecified atom stereocenters. The molecule has 0 spiro atoms. The van der Waals surface area contributed by atoms with Gasteiger partial charge in [-0.05, 0) is 157 Å². The first kappa shape index (κ1) is 51.0. The topological polar surface area (TPSA) is 112 Å². The van der Waals surface area contributed by atoms with E-state index in [-0.39, 0.29) is 39.0 Å². The minimum atomic E-state index is -2.63. The second-order valence-electron chi connectivity index (χ2n) is 23.4. The maximum absolute atomic E-state index is 14.2. The summed E-state index contributed by atoms with van der Waals surface area (Å²) in [5, 5.41) is 15.6. The van der Waals surface area contributed by atoms with Crippen molar-refractivity contribution in [3.05, 3.63) is 132 Å². The fourth-order valence-electron chi connectivity index (χ4n) is 14.5. The maximum Gasteiger partial charge on any atom is 0.358 e. The Morgan fingerprint density at radius 2 is 1.48 bits per heavy atom. The van der Waals surface area contributed by atoms with Crippen molar-refractivity contribution in [3.63, 3.8) is 0 Å². The number of benzene rings is 3. The van der Waals surface area contributed by atoms with E-state index in [2.05, 4.69) is 123 Å². The third-order valence-electron chi connectivity index (χ3n) is 16.1. The van der Waals surface area contributed by atoms with E-state index >= 15 is 0 Å². The van der Waals surface area contributed by atoms with Gasteiger partial charge in [0.05, 0.1) is 13.3 Å². The molecule has 4 bridgehead atoms. The summed E-state index contributed by atoms with van der Waals surface area (Å²) in [6.07, 6.45) is 14.8. The lowest BCUT2D eigenvalue weighted by atomic mass is 9.35. The first-order valence-electron chi connectivity index (χ1n) is 25.5. The number of rotatable bonds is 19. The van der Waals surface area contributed by atoms with Gasteiger partial charge in [-0.15, -0.1) is 0 Å². The first-order valence-corrected chi connectivity index (χ1v) is 28.2. The van der Waals surface area contributed by atoms with Crippen molar-refractivity contribution in [2.24, 2.45) is 26.8 Å². The average molecular weight is 1020 g/mol. The van der Waals surface area contributed by atoms with Crippen LogP contribution >= 0.6 is 23.2 Å². The lowest BCUT2D eigenvalue weighted by molar-refractivity contribution is -0.198. The molecule has 3 heterocycles. The maximum atomic E-state index is 14.2. The van der Waals surface area contributed by atoms with Gasteiger partial charge in [0.1, 0.15) is 28.3 Å². The number of carbonyl (C=O) groups excluding carboxylic acids is 1. The lowest BCUT2D eigenvalue weighted by Crippen LogP contribution is -2.66. The Morgan fingerprint density at radius 1 is 0.831 bits per heavy atom. The van der Waals surface area contributed by atoms with Crippen LogP contribution in [-0.2, 0) is 22.3 Å². The van der Waals surface area contributed by atoms with Crippen LogP contribution in [0.5, 0.6) is 5.75 Å². The van der Waals surface area contributed by atoms with Crippen LogP contribution in [0.1, 0.15) is 127 Å². The third kappa shape index (κ3) is 10.6. The Morgan fingerprint density at radius 3 is 2.11 bits per heavy atom. The molecular weight excluding hydrogens is 944 g/mol. The summed E-state index contributed by atoms with van der Waals surface area (Å²) >= 11 is 12.9. The molecular formula is C58H72Cl2N6O4Si. The number of hydrogen-bond donors (Lipinski definition) is 2. The summed E-state index contributed by atoms with van der Waals surface area (Å²) in [6.45, 7) is 18.5. The van der Waals surface area contributed by atoms with Crippen molar-refractivity contribution in [2.75, 3.05) is 25.6 Å². The first-order chi connectivity index (χ1) is 33.8. The largest absolute Gasteiger partial charge is 0.497 e. The van der Waals surface area contributed by atoms with Crippen LogP contribution in [0.2, 0.25) is 5.04 Å². The number of nitrogens with zero attached hydrogens (tertiary/aromatic N) is 4. The molecule has 4 saturated carbocycles. The molecule has 0 amide bonds. The van der Waals surface area contributed by atoms with Gasteiger partial charge in [0, 0.05) is 36.5 Å². The van der Waals surface area contributed by atoms with Gasteiger partial charge in [0.15, 0.2) is 5.69 Å². The smallest absolute Gasteiger partial charge is 0.358 e. The predicted octanol–water partition coefficient (Wildman–Crippen LogP) is 12.6. The summed E-state index contributed by atoms with van der Waals surface area (Å²) in [6, 6.07) is 33.5. The van der Waals surface area contributed by atoms with Crippen LogP contribution in [0.25, 0.3) is 11.1 Å². The minimum Gasteiger partial charge on any atom is -0.497 e. The summed E-state index contributed by atoms with van der Waals surface area (Å²) < 4.78 is 21.0. The number of nitrogens with one attached hydrogen (secondary N) is 2. The molecule has 4 aliphatic carbocycles. The van der Waals surface area contributed by atoms with Gasteiger partial charge in [-0.1, -0.05) is 131 Å². The zero-order chi connectivity index (χ0) is 50.3. The van der Waals surface area contributed by atoms with Crippen molar-refractivity contribution in [3.8, 4) is 16.9 Å².